The van der Waals surface area contributed by atoms with Crippen molar-refractivity contribution in [1.29, 1.82) is 0 Å². The Kier molecular flexibility index (Phi) is 5.26. The van der Waals surface area contributed by atoms with Crippen LogP contribution in [0.2, 0.25) is 0 Å². The van der Waals surface area contributed by atoms with Crippen molar-refractivity contribution in [3.8, 4) is 11.5 Å². The highest BCUT2D eigenvalue weighted by Crippen LogP contribution is 2.34. The minimum absolute atomic E-state index is 0. The molecule has 2 heterocycles. The second kappa shape index (κ2) is 7.62. The number of hydrogen-bond acceptors (Lipinski definition) is 4. The molecule has 0 saturated carbocycles. The number of pyridine rings is 2. The van der Waals surface area contributed by atoms with Crippen molar-refractivity contribution in [3.63, 3.8) is 0 Å². The zero-order valence-corrected chi connectivity index (χ0v) is 15.1. The maximum atomic E-state index is 5.49. The largest absolute Gasteiger partial charge is 0.493 e. The van der Waals surface area contributed by atoms with Crippen LogP contribution in [-0.4, -0.2) is 24.2 Å². The van der Waals surface area contributed by atoms with Crippen LogP contribution in [0.5, 0.6) is 11.5 Å². The summed E-state index contributed by atoms with van der Waals surface area (Å²) in [6, 6.07) is 14.4. The number of benzene rings is 2. The molecule has 4 rings (SSSR count). The summed E-state index contributed by atoms with van der Waals surface area (Å²) in [6.45, 7) is 2.04. The molecule has 0 saturated heterocycles. The van der Waals surface area contributed by atoms with Crippen molar-refractivity contribution < 1.29 is 9.47 Å². The molecule has 0 aliphatic rings. The normalized spacial score (nSPS) is 10.6. The monoisotopic (exact) mass is 360 g/mol. The topological polar surface area (TPSA) is 44.2 Å². The van der Waals surface area contributed by atoms with E-state index in [4.69, 9.17) is 9.47 Å². The van der Waals surface area contributed by atoms with E-state index < -0.39 is 0 Å². The number of fused-ring (bicyclic) bond motifs is 2. The van der Waals surface area contributed by atoms with Crippen LogP contribution in [0.25, 0.3) is 21.7 Å². The average molecular weight is 360 g/mol. The summed E-state index contributed by atoms with van der Waals surface area (Å²) < 4.78 is 10.9. The number of para-hydroxylation sites is 1. The summed E-state index contributed by atoms with van der Waals surface area (Å²) in [5.41, 5.74) is 4.37. The predicted octanol–water partition coefficient (Wildman–Crippen LogP) is 5.34. The van der Waals surface area contributed by atoms with Crippen LogP contribution in [0.3, 0.4) is 0 Å². The molecule has 0 unspecified atom stereocenters. The van der Waals surface area contributed by atoms with Crippen LogP contribution in [0.4, 0.5) is 0 Å². The predicted molar refractivity (Wildman–Crippen MR) is 111 cm³/mol. The van der Waals surface area contributed by atoms with Crippen LogP contribution in [0.15, 0.2) is 54.9 Å². The molecule has 0 aliphatic carbocycles. The zero-order chi connectivity index (χ0) is 18.1. The number of aromatic nitrogens is 2. The van der Waals surface area contributed by atoms with Gasteiger partial charge < -0.3 is 9.47 Å². The highest BCUT2D eigenvalue weighted by molar-refractivity contribution is 5.89. The van der Waals surface area contributed by atoms with Gasteiger partial charge in [-0.3, -0.25) is 9.97 Å². The fraction of sp³-hybridized carbons (Fsp3) is 0.217. The molecule has 0 fully saturated rings. The first-order valence-electron chi connectivity index (χ1n) is 8.53. The molecule has 0 N–H and O–H groups in total. The number of ether oxygens (including phenoxy) is 2. The zero-order valence-electron chi connectivity index (χ0n) is 15.1. The lowest BCUT2D eigenvalue weighted by molar-refractivity contribution is 0.356. The minimum atomic E-state index is 0. The van der Waals surface area contributed by atoms with Crippen LogP contribution >= 0.6 is 0 Å². The number of nitrogens with zero attached hydrogens (tertiary/aromatic N) is 2. The van der Waals surface area contributed by atoms with Gasteiger partial charge in [-0.15, -0.1) is 0 Å². The second-order valence-electron chi connectivity index (χ2n) is 6.33. The lowest BCUT2D eigenvalue weighted by atomic mass is 9.97. The van der Waals surface area contributed by atoms with Gasteiger partial charge >= 0.3 is 0 Å². The molecule has 0 spiro atoms. The fourth-order valence-corrected chi connectivity index (χ4v) is 3.34. The quantitative estimate of drug-likeness (QED) is 0.493. The molecule has 2 aromatic heterocycles. The molecule has 4 heteroatoms. The van der Waals surface area contributed by atoms with E-state index in [0.717, 1.165) is 45.1 Å². The number of hydrogen-bond donors (Lipinski definition) is 0. The maximum Gasteiger partial charge on any atom is 0.161 e. The molecular formula is C23H24N2O2. The first kappa shape index (κ1) is 18.6. The van der Waals surface area contributed by atoms with Crippen LogP contribution in [0.1, 0.15) is 24.2 Å². The van der Waals surface area contributed by atoms with E-state index in [1.54, 1.807) is 14.2 Å². The Balaban J connectivity index is 0.00000210. The van der Waals surface area contributed by atoms with E-state index in [1.807, 2.05) is 49.6 Å². The summed E-state index contributed by atoms with van der Waals surface area (Å²) in [7, 11) is 3.30. The number of aryl methyl sites for hydroxylation is 1. The van der Waals surface area contributed by atoms with E-state index in [-0.39, 0.29) is 7.43 Å². The van der Waals surface area contributed by atoms with Crippen LogP contribution in [-0.2, 0) is 6.42 Å². The van der Waals surface area contributed by atoms with E-state index in [9.17, 15) is 0 Å². The van der Waals surface area contributed by atoms with E-state index in [1.165, 1.54) is 5.56 Å². The standard InChI is InChI=1S/C22H20N2O2.CH4/c1-14-18(9-15-8-16-6-4-5-7-20(16)24-12-15)19-11-22(26-3)21(25-2)10-17(19)13-23-14;/h4-8,10-13H,9H2,1-3H3;1H4. The third-order valence-corrected chi connectivity index (χ3v) is 4.74. The molecule has 2 aromatic carbocycles. The number of methoxy groups -OCH3 is 2. The third-order valence-electron chi connectivity index (χ3n) is 4.74. The van der Waals surface area contributed by atoms with Gasteiger partial charge in [0.1, 0.15) is 0 Å². The molecule has 0 atom stereocenters. The Bertz CT molecular complexity index is 1110. The molecule has 0 bridgehead atoms. The van der Waals surface area contributed by atoms with Crippen LogP contribution in [0, 0.1) is 6.92 Å². The maximum absolute atomic E-state index is 5.49. The molecule has 4 aromatic rings. The first-order valence-corrected chi connectivity index (χ1v) is 8.53. The summed E-state index contributed by atoms with van der Waals surface area (Å²) in [5, 5.41) is 3.32. The van der Waals surface area contributed by atoms with Gasteiger partial charge in [0.15, 0.2) is 11.5 Å². The van der Waals surface area contributed by atoms with E-state index in [0.29, 0.717) is 5.75 Å². The summed E-state index contributed by atoms with van der Waals surface area (Å²) >= 11 is 0. The van der Waals surface area contributed by atoms with Gasteiger partial charge in [0, 0.05) is 35.3 Å². The van der Waals surface area contributed by atoms with Crippen molar-refractivity contribution in [2.24, 2.45) is 0 Å². The molecule has 0 radical (unpaired) electrons. The lowest BCUT2D eigenvalue weighted by Crippen LogP contribution is -1.99. The Morgan fingerprint density at radius 3 is 2.37 bits per heavy atom. The summed E-state index contributed by atoms with van der Waals surface area (Å²) in [6.07, 6.45) is 4.60. The molecule has 27 heavy (non-hydrogen) atoms. The minimum Gasteiger partial charge on any atom is -0.493 e. The van der Waals surface area contributed by atoms with Crippen molar-refractivity contribution in [3.05, 3.63) is 71.7 Å². The Morgan fingerprint density at radius 1 is 0.852 bits per heavy atom. The lowest BCUT2D eigenvalue weighted by Gasteiger charge is -2.14. The molecule has 138 valence electrons. The van der Waals surface area contributed by atoms with Gasteiger partial charge in [-0.1, -0.05) is 25.6 Å². The summed E-state index contributed by atoms with van der Waals surface area (Å²) in [5.74, 6) is 1.44. The molecule has 4 nitrogen and oxygen atoms in total. The van der Waals surface area contributed by atoms with Gasteiger partial charge in [-0.25, -0.2) is 0 Å². The van der Waals surface area contributed by atoms with Crippen LogP contribution < -0.4 is 9.47 Å². The van der Waals surface area contributed by atoms with Gasteiger partial charge in [0.2, 0.25) is 0 Å². The average Bonchev–Trinajstić information content (AvgIpc) is 2.69. The molecular weight excluding hydrogens is 336 g/mol. The van der Waals surface area contributed by atoms with Crippen molar-refractivity contribution in [2.75, 3.05) is 14.2 Å². The van der Waals surface area contributed by atoms with E-state index in [2.05, 4.69) is 22.1 Å². The number of rotatable bonds is 4. The van der Waals surface area contributed by atoms with Gasteiger partial charge in [-0.05, 0) is 47.7 Å². The second-order valence-corrected chi connectivity index (χ2v) is 6.33. The van der Waals surface area contributed by atoms with Gasteiger partial charge in [-0.2, -0.15) is 0 Å². The Hall–Kier alpha value is -3.14. The Morgan fingerprint density at radius 2 is 1.59 bits per heavy atom. The fourth-order valence-electron chi connectivity index (χ4n) is 3.34. The van der Waals surface area contributed by atoms with E-state index >= 15 is 0 Å². The first-order chi connectivity index (χ1) is 12.7. The van der Waals surface area contributed by atoms with Crippen molar-refractivity contribution in [2.45, 2.75) is 20.8 Å². The SMILES string of the molecule is C.COc1cc2cnc(C)c(Cc3cnc4ccccc4c3)c2cc1OC. The van der Waals surface area contributed by atoms with Gasteiger partial charge in [0.05, 0.1) is 19.7 Å². The summed E-state index contributed by atoms with van der Waals surface area (Å²) in [4.78, 5) is 9.16. The third kappa shape index (κ3) is 3.43. The highest BCUT2D eigenvalue weighted by Gasteiger charge is 2.12. The molecule has 0 amide bonds. The molecule has 0 aliphatic heterocycles. The van der Waals surface area contributed by atoms with Crippen molar-refractivity contribution >= 4 is 21.7 Å². The highest BCUT2D eigenvalue weighted by atomic mass is 16.5. The Labute approximate surface area is 159 Å². The van der Waals surface area contributed by atoms with Gasteiger partial charge in [0.25, 0.3) is 0 Å². The van der Waals surface area contributed by atoms with Crippen molar-refractivity contribution in [1.82, 2.24) is 9.97 Å². The smallest absolute Gasteiger partial charge is 0.161 e.